The van der Waals surface area contributed by atoms with Crippen molar-refractivity contribution in [1.82, 2.24) is 0 Å². The second-order valence-corrected chi connectivity index (χ2v) is 7.87. The Labute approximate surface area is 83.4 Å². The molecular formula is C7H15F5Si2. The highest BCUT2D eigenvalue weighted by atomic mass is 28.5. The van der Waals surface area contributed by atoms with Crippen LogP contribution >= 0.6 is 0 Å². The third kappa shape index (κ3) is 8.67. The lowest BCUT2D eigenvalue weighted by Gasteiger charge is -2.12. The Hall–Kier alpha value is 0.0838. The smallest absolute Gasteiger partial charge is 0.270 e. The van der Waals surface area contributed by atoms with E-state index in [1.54, 1.807) is 0 Å². The van der Waals surface area contributed by atoms with E-state index in [1.165, 1.54) is 0 Å². The largest absolute Gasteiger partial charge is 0.615 e. The minimum atomic E-state index is -5.76. The van der Waals surface area contributed by atoms with Crippen molar-refractivity contribution in [3.63, 3.8) is 0 Å². The summed E-state index contributed by atoms with van der Waals surface area (Å²) < 4.78 is 61.3. The van der Waals surface area contributed by atoms with Gasteiger partial charge in [0, 0.05) is 12.1 Å². The van der Waals surface area contributed by atoms with Gasteiger partial charge < -0.3 is 0 Å². The van der Waals surface area contributed by atoms with Crippen molar-refractivity contribution in [3.05, 3.63) is 0 Å². The fourth-order valence-corrected chi connectivity index (χ4v) is 4.70. The van der Waals surface area contributed by atoms with E-state index < -0.39 is 29.9 Å². The molecule has 0 aliphatic heterocycles. The molecule has 0 nitrogen and oxygen atoms in total. The lowest BCUT2D eigenvalue weighted by atomic mass is 10.3. The maximum atomic E-state index is 12.9. The van der Waals surface area contributed by atoms with E-state index >= 15 is 0 Å². The van der Waals surface area contributed by atoms with Crippen LogP contribution in [0, 0.1) is 0 Å². The molecule has 0 spiro atoms. The van der Waals surface area contributed by atoms with Crippen LogP contribution in [0.1, 0.15) is 26.2 Å². The summed E-state index contributed by atoms with van der Waals surface area (Å²) in [7, 11) is -10.3. The van der Waals surface area contributed by atoms with Gasteiger partial charge in [-0.2, -0.15) is 0 Å². The molecule has 0 aromatic carbocycles. The Morgan fingerprint density at radius 3 is 1.79 bits per heavy atom. The van der Waals surface area contributed by atoms with Gasteiger partial charge in [-0.25, -0.2) is 12.3 Å². The van der Waals surface area contributed by atoms with Gasteiger partial charge in [0.2, 0.25) is 0 Å². The average molecular weight is 250 g/mol. The fourth-order valence-electron chi connectivity index (χ4n) is 1.08. The summed E-state index contributed by atoms with van der Waals surface area (Å²) in [6.07, 6.45) is 1.87. The first-order valence-corrected chi connectivity index (χ1v) is 8.72. The fraction of sp³-hybridized carbons (Fsp3) is 1.00. The number of halogens is 5. The zero-order valence-corrected chi connectivity index (χ0v) is 10.1. The second-order valence-electron chi connectivity index (χ2n) is 3.43. The van der Waals surface area contributed by atoms with Crippen LogP contribution < -0.4 is 0 Å². The molecule has 0 aliphatic rings. The molecule has 0 saturated heterocycles. The van der Waals surface area contributed by atoms with E-state index in [0.29, 0.717) is 12.8 Å². The number of unbranched alkanes of at least 4 members (excludes halogenated alkanes) is 2. The van der Waals surface area contributed by atoms with Gasteiger partial charge in [-0.05, 0) is 6.04 Å². The molecule has 0 unspecified atom stereocenters. The molecule has 0 rings (SSSR count). The first-order valence-electron chi connectivity index (χ1n) is 4.71. The molecule has 0 saturated carbocycles. The van der Waals surface area contributed by atoms with Gasteiger partial charge in [-0.1, -0.05) is 26.2 Å². The third-order valence-corrected chi connectivity index (χ3v) is 5.30. The van der Waals surface area contributed by atoms with Crippen LogP contribution in [0.15, 0.2) is 0 Å². The van der Waals surface area contributed by atoms with Crippen LogP contribution in [0.2, 0.25) is 18.1 Å². The molecule has 0 aromatic heterocycles. The van der Waals surface area contributed by atoms with E-state index in [9.17, 15) is 20.5 Å². The van der Waals surface area contributed by atoms with Crippen molar-refractivity contribution in [1.29, 1.82) is 0 Å². The van der Waals surface area contributed by atoms with Crippen molar-refractivity contribution in [2.45, 2.75) is 44.3 Å². The molecule has 0 aliphatic carbocycles. The maximum Gasteiger partial charge on any atom is 0.615 e. The molecule has 0 fully saturated rings. The van der Waals surface area contributed by atoms with Crippen LogP contribution in [0.3, 0.4) is 0 Å². The Balaban J connectivity index is 3.72. The normalized spacial score (nSPS) is 13.3. The molecule has 86 valence electrons. The lowest BCUT2D eigenvalue weighted by molar-refractivity contribution is 0.466. The van der Waals surface area contributed by atoms with E-state index in [1.807, 2.05) is 6.92 Å². The predicted molar refractivity (Wildman–Crippen MR) is 51.0 cm³/mol. The highest BCUT2D eigenvalue weighted by molar-refractivity contribution is 6.69. The quantitative estimate of drug-likeness (QED) is 0.272. The molecule has 0 N–H and O–H groups in total. The lowest BCUT2D eigenvalue weighted by Crippen LogP contribution is -2.26. The molecule has 0 heterocycles. The monoisotopic (exact) mass is 250 g/mol. The van der Waals surface area contributed by atoms with Crippen molar-refractivity contribution in [2.24, 2.45) is 0 Å². The van der Waals surface area contributed by atoms with Gasteiger partial charge in [0.25, 0.3) is 0 Å². The van der Waals surface area contributed by atoms with E-state index in [-0.39, 0.29) is 6.04 Å². The summed E-state index contributed by atoms with van der Waals surface area (Å²) in [5, 5.41) is 0. The number of hydrogen-bond donors (Lipinski definition) is 0. The van der Waals surface area contributed by atoms with Crippen molar-refractivity contribution < 1.29 is 20.5 Å². The van der Waals surface area contributed by atoms with Crippen LogP contribution in [-0.2, 0) is 0 Å². The van der Waals surface area contributed by atoms with Crippen LogP contribution in [-0.4, -0.2) is 17.8 Å². The Kier molecular flexibility index (Phi) is 5.88. The first-order chi connectivity index (χ1) is 6.27. The van der Waals surface area contributed by atoms with E-state index in [4.69, 9.17) is 0 Å². The van der Waals surface area contributed by atoms with Crippen LogP contribution in [0.5, 0.6) is 0 Å². The minimum Gasteiger partial charge on any atom is -0.270 e. The zero-order chi connectivity index (χ0) is 11.2. The molecular weight excluding hydrogens is 235 g/mol. The van der Waals surface area contributed by atoms with Crippen molar-refractivity contribution in [3.8, 4) is 0 Å². The van der Waals surface area contributed by atoms with Gasteiger partial charge in [0.15, 0.2) is 0 Å². The molecule has 0 atom stereocenters. The van der Waals surface area contributed by atoms with Crippen molar-refractivity contribution >= 4 is 17.8 Å². The van der Waals surface area contributed by atoms with Gasteiger partial charge in [-0.3, -0.25) is 8.22 Å². The Bertz CT molecular complexity index is 157. The molecule has 0 aromatic rings. The third-order valence-electron chi connectivity index (χ3n) is 1.92. The molecule has 0 radical (unpaired) electrons. The molecule has 14 heavy (non-hydrogen) atoms. The van der Waals surface area contributed by atoms with Crippen LogP contribution in [0.25, 0.3) is 0 Å². The summed E-state index contributed by atoms with van der Waals surface area (Å²) in [6, 6.07) is -2.35. The highest BCUT2D eigenvalue weighted by Crippen LogP contribution is 2.29. The summed E-state index contributed by atoms with van der Waals surface area (Å²) in [5.74, 6) is 0. The number of rotatable bonds is 7. The topological polar surface area (TPSA) is 0 Å². The van der Waals surface area contributed by atoms with Gasteiger partial charge in [0.1, 0.15) is 0 Å². The Morgan fingerprint density at radius 1 is 0.786 bits per heavy atom. The molecule has 7 heteroatoms. The summed E-state index contributed by atoms with van der Waals surface area (Å²) in [6.45, 7) is 1.88. The van der Waals surface area contributed by atoms with Gasteiger partial charge >= 0.3 is 17.8 Å². The predicted octanol–water partition coefficient (Wildman–Crippen LogP) is 4.41. The summed E-state index contributed by atoms with van der Waals surface area (Å²) in [5.41, 5.74) is 0. The first kappa shape index (κ1) is 14.1. The summed E-state index contributed by atoms with van der Waals surface area (Å²) >= 11 is 0. The van der Waals surface area contributed by atoms with Crippen LogP contribution in [0.4, 0.5) is 20.5 Å². The van der Waals surface area contributed by atoms with E-state index in [2.05, 4.69) is 0 Å². The van der Waals surface area contributed by atoms with Gasteiger partial charge in [-0.15, -0.1) is 0 Å². The molecule has 0 amide bonds. The summed E-state index contributed by atoms with van der Waals surface area (Å²) in [4.78, 5) is 0. The average Bonchev–Trinajstić information content (AvgIpc) is 2.00. The van der Waals surface area contributed by atoms with Crippen molar-refractivity contribution in [2.75, 3.05) is 0 Å². The Morgan fingerprint density at radius 2 is 1.36 bits per heavy atom. The zero-order valence-electron chi connectivity index (χ0n) is 8.13. The SMILES string of the molecule is CCCCC[Si](F)(F)CC[Si](F)(F)F. The standard InChI is InChI=1S/C7H15F5Si2/c1-2-3-4-5-13(8,9)6-7-14(10,11)12/h2-7H2,1H3. The molecule has 0 bridgehead atoms. The maximum absolute atomic E-state index is 12.9. The van der Waals surface area contributed by atoms with Gasteiger partial charge in [0.05, 0.1) is 0 Å². The minimum absolute atomic E-state index is 0.272. The highest BCUT2D eigenvalue weighted by Gasteiger charge is 2.43. The number of hydrogen-bond acceptors (Lipinski definition) is 0. The van der Waals surface area contributed by atoms with E-state index in [0.717, 1.165) is 6.42 Å². The second kappa shape index (κ2) is 5.84.